The van der Waals surface area contributed by atoms with Crippen LogP contribution < -0.4 is 5.32 Å². The van der Waals surface area contributed by atoms with Crippen molar-refractivity contribution in [3.8, 4) is 0 Å². The van der Waals surface area contributed by atoms with Crippen LogP contribution in [-0.4, -0.2) is 58.6 Å². The first-order valence-corrected chi connectivity index (χ1v) is 12.5. The molecule has 1 aliphatic heterocycles. The number of nitrogens with one attached hydrogen (secondary N) is 1. The van der Waals surface area contributed by atoms with Gasteiger partial charge < -0.3 is 10.2 Å². The minimum Gasteiger partial charge on any atom is -0.352 e. The fourth-order valence-electron chi connectivity index (χ4n) is 4.78. The zero-order valence-electron chi connectivity index (χ0n) is 20.5. The highest BCUT2D eigenvalue weighted by Crippen LogP contribution is 2.35. The van der Waals surface area contributed by atoms with Crippen LogP contribution in [-0.2, 0) is 25.6 Å². The number of hydrogen-bond donors (Lipinski definition) is 1. The fraction of sp³-hybridized carbons (Fsp3) is 0.556. The largest absolute Gasteiger partial charge is 0.352 e. The van der Waals surface area contributed by atoms with Gasteiger partial charge in [0.2, 0.25) is 23.6 Å². The molecule has 0 saturated carbocycles. The van der Waals surface area contributed by atoms with Gasteiger partial charge in [0, 0.05) is 25.6 Å². The summed E-state index contributed by atoms with van der Waals surface area (Å²) in [6, 6.07) is 9.27. The average Bonchev–Trinajstić information content (AvgIpc) is 3.10. The van der Waals surface area contributed by atoms with E-state index >= 15 is 0 Å². The second kappa shape index (κ2) is 12.0. The average molecular weight is 468 g/mol. The van der Waals surface area contributed by atoms with E-state index in [0.29, 0.717) is 32.2 Å². The lowest BCUT2D eigenvalue weighted by Crippen LogP contribution is -2.52. The summed E-state index contributed by atoms with van der Waals surface area (Å²) in [5.74, 6) is -1.33. The van der Waals surface area contributed by atoms with Crippen molar-refractivity contribution < 1.29 is 19.2 Å². The predicted octanol–water partition coefficient (Wildman–Crippen LogP) is 3.09. The van der Waals surface area contributed by atoms with E-state index < -0.39 is 6.04 Å². The Bertz CT molecular complexity index is 888. The van der Waals surface area contributed by atoms with E-state index in [1.165, 1.54) is 4.90 Å². The van der Waals surface area contributed by atoms with Crippen LogP contribution in [0.3, 0.4) is 0 Å². The lowest BCUT2D eigenvalue weighted by atomic mass is 9.85. The Kier molecular flexibility index (Phi) is 9.02. The molecule has 0 bridgehead atoms. The van der Waals surface area contributed by atoms with Crippen LogP contribution in [0.15, 0.2) is 42.5 Å². The summed E-state index contributed by atoms with van der Waals surface area (Å²) in [5, 5.41) is 3.00. The van der Waals surface area contributed by atoms with Crippen LogP contribution in [0.4, 0.5) is 0 Å². The second-order valence-corrected chi connectivity index (χ2v) is 9.30. The summed E-state index contributed by atoms with van der Waals surface area (Å²) in [6.07, 6.45) is 7.00. The molecule has 7 nitrogen and oxygen atoms in total. The van der Waals surface area contributed by atoms with Crippen LogP contribution in [0.5, 0.6) is 0 Å². The molecule has 4 atom stereocenters. The van der Waals surface area contributed by atoms with E-state index in [0.717, 1.165) is 12.0 Å². The zero-order chi connectivity index (χ0) is 24.7. The number of imide groups is 1. The predicted molar refractivity (Wildman–Crippen MR) is 131 cm³/mol. The number of nitrogens with zero attached hydrogens (tertiary/aromatic N) is 2. The Hall–Kier alpha value is -2.96. The molecule has 1 heterocycles. The molecule has 1 saturated heterocycles. The maximum absolute atomic E-state index is 13.4. The normalized spacial score (nSPS) is 21.2. The van der Waals surface area contributed by atoms with E-state index in [1.807, 2.05) is 63.3 Å². The monoisotopic (exact) mass is 467 g/mol. The summed E-state index contributed by atoms with van der Waals surface area (Å²) in [5.41, 5.74) is 1.08. The molecule has 2 aliphatic rings. The molecule has 1 aromatic carbocycles. The lowest BCUT2D eigenvalue weighted by Gasteiger charge is -2.32. The number of carbonyl (C=O) groups excluding carboxylic acids is 4. The van der Waals surface area contributed by atoms with E-state index in [2.05, 4.69) is 5.32 Å². The van der Waals surface area contributed by atoms with E-state index in [-0.39, 0.29) is 54.5 Å². The molecule has 1 aliphatic carbocycles. The van der Waals surface area contributed by atoms with Gasteiger partial charge in [-0.1, -0.05) is 56.3 Å². The highest BCUT2D eigenvalue weighted by molar-refractivity contribution is 6.05. The van der Waals surface area contributed by atoms with Crippen molar-refractivity contribution in [3.05, 3.63) is 48.0 Å². The Morgan fingerprint density at radius 1 is 1.03 bits per heavy atom. The van der Waals surface area contributed by atoms with Crippen LogP contribution in [0.1, 0.15) is 58.4 Å². The van der Waals surface area contributed by atoms with E-state index in [1.54, 1.807) is 4.90 Å². The summed E-state index contributed by atoms with van der Waals surface area (Å²) in [4.78, 5) is 54.8. The van der Waals surface area contributed by atoms with Gasteiger partial charge in [0.05, 0.1) is 11.8 Å². The van der Waals surface area contributed by atoms with Crippen LogP contribution >= 0.6 is 0 Å². The first kappa shape index (κ1) is 25.7. The van der Waals surface area contributed by atoms with Gasteiger partial charge in [-0.2, -0.15) is 0 Å². The number of amides is 4. The van der Waals surface area contributed by atoms with Gasteiger partial charge in [-0.05, 0) is 44.6 Å². The smallest absolute Gasteiger partial charge is 0.243 e. The van der Waals surface area contributed by atoms with Crippen LogP contribution in [0.25, 0.3) is 0 Å². The standard InChI is InChI=1S/C27H37N3O4/c1-4-19(3)28-25(32)23(5-2)29(17-15-20-11-7-6-8-12-20)24(31)16-18-30-26(33)21-13-9-10-14-22(21)27(30)34/h6-12,19,21-23H,4-5,13-18H2,1-3H3,(H,28,32)/t19?,21-,22+,23?. The van der Waals surface area contributed by atoms with Gasteiger partial charge >= 0.3 is 0 Å². The number of carbonyl (C=O) groups is 4. The third-order valence-corrected chi connectivity index (χ3v) is 7.02. The minimum atomic E-state index is -0.595. The summed E-state index contributed by atoms with van der Waals surface area (Å²) in [7, 11) is 0. The van der Waals surface area contributed by atoms with Crippen molar-refractivity contribution in [2.75, 3.05) is 13.1 Å². The quantitative estimate of drug-likeness (QED) is 0.400. The molecule has 3 rings (SSSR count). The van der Waals surface area contributed by atoms with Gasteiger partial charge in [-0.25, -0.2) is 0 Å². The minimum absolute atomic E-state index is 0.0180. The van der Waals surface area contributed by atoms with Crippen molar-refractivity contribution in [1.29, 1.82) is 0 Å². The van der Waals surface area contributed by atoms with Crippen LogP contribution in [0.2, 0.25) is 0 Å². The summed E-state index contributed by atoms with van der Waals surface area (Å²) < 4.78 is 0. The molecule has 2 unspecified atom stereocenters. The van der Waals surface area contributed by atoms with Crippen molar-refractivity contribution in [2.24, 2.45) is 11.8 Å². The molecule has 4 amide bonds. The topological polar surface area (TPSA) is 86.8 Å². The van der Waals surface area contributed by atoms with Crippen molar-refractivity contribution in [3.63, 3.8) is 0 Å². The highest BCUT2D eigenvalue weighted by atomic mass is 16.2. The fourth-order valence-corrected chi connectivity index (χ4v) is 4.78. The zero-order valence-corrected chi connectivity index (χ0v) is 20.5. The second-order valence-electron chi connectivity index (χ2n) is 9.30. The Morgan fingerprint density at radius 3 is 2.21 bits per heavy atom. The SMILES string of the molecule is CCC(C)NC(=O)C(CC)N(CCc1ccccc1)C(=O)CCN1C(=O)[C@H]2CC=CC[C@H]2C1=O. The third kappa shape index (κ3) is 5.93. The maximum Gasteiger partial charge on any atom is 0.243 e. The molecule has 7 heteroatoms. The molecule has 34 heavy (non-hydrogen) atoms. The first-order valence-electron chi connectivity index (χ1n) is 12.5. The molecule has 1 N–H and O–H groups in total. The van der Waals surface area contributed by atoms with E-state index in [9.17, 15) is 19.2 Å². The Balaban J connectivity index is 1.70. The molecular weight excluding hydrogens is 430 g/mol. The molecule has 0 radical (unpaired) electrons. The van der Waals surface area contributed by atoms with E-state index in [4.69, 9.17) is 0 Å². The van der Waals surface area contributed by atoms with Gasteiger partial charge in [0.25, 0.3) is 0 Å². The molecule has 1 fully saturated rings. The van der Waals surface area contributed by atoms with Crippen molar-refractivity contribution >= 4 is 23.6 Å². The third-order valence-electron chi connectivity index (χ3n) is 7.02. The maximum atomic E-state index is 13.4. The number of hydrogen-bond acceptors (Lipinski definition) is 4. The highest BCUT2D eigenvalue weighted by Gasteiger charge is 2.47. The van der Waals surface area contributed by atoms with Crippen LogP contribution in [0, 0.1) is 11.8 Å². The molecule has 1 aromatic rings. The number of likely N-dealkylation sites (tertiary alicyclic amines) is 1. The molecular formula is C27H37N3O4. The molecule has 184 valence electrons. The Morgan fingerprint density at radius 2 is 1.65 bits per heavy atom. The summed E-state index contributed by atoms with van der Waals surface area (Å²) >= 11 is 0. The number of rotatable bonds is 11. The molecule has 0 aromatic heterocycles. The number of allylic oxidation sites excluding steroid dienone is 2. The van der Waals surface area contributed by atoms with Crippen molar-refractivity contribution in [2.45, 2.75) is 71.4 Å². The van der Waals surface area contributed by atoms with Gasteiger partial charge in [-0.3, -0.25) is 24.1 Å². The first-order chi connectivity index (χ1) is 16.4. The lowest BCUT2D eigenvalue weighted by molar-refractivity contribution is -0.144. The van der Waals surface area contributed by atoms with Gasteiger partial charge in [0.1, 0.15) is 6.04 Å². The van der Waals surface area contributed by atoms with Gasteiger partial charge in [0.15, 0.2) is 0 Å². The molecule has 0 spiro atoms. The number of benzene rings is 1. The Labute approximate surface area is 202 Å². The van der Waals surface area contributed by atoms with Gasteiger partial charge in [-0.15, -0.1) is 0 Å². The number of fused-ring (bicyclic) bond motifs is 1. The van der Waals surface area contributed by atoms with Crippen molar-refractivity contribution in [1.82, 2.24) is 15.1 Å². The summed E-state index contributed by atoms with van der Waals surface area (Å²) in [6.45, 7) is 6.30.